The van der Waals surface area contributed by atoms with E-state index in [1.807, 2.05) is 25.1 Å². The first-order valence-corrected chi connectivity index (χ1v) is 3.93. The van der Waals surface area contributed by atoms with E-state index in [-0.39, 0.29) is 5.48 Å². The van der Waals surface area contributed by atoms with Crippen molar-refractivity contribution in [3.05, 3.63) is 35.9 Å². The van der Waals surface area contributed by atoms with Crippen molar-refractivity contribution < 1.29 is 10.6 Å². The number of rotatable bonds is 1. The fraction of sp³-hybridized carbons (Fsp3) is 0.400. The molecule has 0 radical (unpaired) electrons. The zero-order valence-electron chi connectivity index (χ0n) is 7.75. The number of hydrogen-bond donors (Lipinski definition) is 1. The molecule has 0 fully saturated rings. The lowest BCUT2D eigenvalue weighted by molar-refractivity contribution is 0.295. The summed E-state index contributed by atoms with van der Waals surface area (Å²) >= 11 is 0. The molecule has 0 heterocycles. The normalized spacial score (nSPS) is 7.58. The smallest absolute Gasteiger partial charge is 0.0428 e. The minimum atomic E-state index is 0. The molecule has 0 amide bonds. The first-order valence-electron chi connectivity index (χ1n) is 3.93. The molecule has 0 aliphatic rings. The maximum Gasteiger partial charge on any atom is 0.0428 e. The lowest BCUT2D eigenvalue weighted by Gasteiger charge is -1.82. The summed E-state index contributed by atoms with van der Waals surface area (Å²) in [7, 11) is 0. The van der Waals surface area contributed by atoms with Crippen molar-refractivity contribution in [2.24, 2.45) is 0 Å². The molecule has 0 saturated heterocycles. The molecule has 1 rings (SSSR count). The van der Waals surface area contributed by atoms with Gasteiger partial charge in [0.05, 0.1) is 0 Å². The van der Waals surface area contributed by atoms with E-state index < -0.39 is 0 Å². The van der Waals surface area contributed by atoms with Crippen molar-refractivity contribution in [1.82, 2.24) is 0 Å². The van der Waals surface area contributed by atoms with Crippen molar-refractivity contribution in [2.75, 3.05) is 6.61 Å². The number of hydrogen-bond acceptors (Lipinski definition) is 1. The van der Waals surface area contributed by atoms with Gasteiger partial charge >= 0.3 is 0 Å². The second-order valence-corrected chi connectivity index (χ2v) is 2.38. The summed E-state index contributed by atoms with van der Waals surface area (Å²) in [4.78, 5) is 0. The third-order valence-corrected chi connectivity index (χ3v) is 1.16. The molecular weight excluding hydrogens is 152 g/mol. The fourth-order valence-electron chi connectivity index (χ4n) is 0.534. The van der Waals surface area contributed by atoms with E-state index in [2.05, 4.69) is 19.1 Å². The molecule has 2 heteroatoms. The molecule has 3 N–H and O–H groups in total. The van der Waals surface area contributed by atoms with Crippen LogP contribution in [-0.2, 0) is 0 Å². The van der Waals surface area contributed by atoms with Gasteiger partial charge in [-0.15, -0.1) is 0 Å². The Hall–Kier alpha value is -0.860. The van der Waals surface area contributed by atoms with Gasteiger partial charge in [-0.3, -0.25) is 0 Å². The lowest BCUT2D eigenvalue weighted by atomic mass is 10.2. The summed E-state index contributed by atoms with van der Waals surface area (Å²) in [5, 5.41) is 7.88. The molecule has 1 aromatic rings. The topological polar surface area (TPSA) is 51.7 Å². The minimum Gasteiger partial charge on any atom is -0.412 e. The predicted molar refractivity (Wildman–Crippen MR) is 52.2 cm³/mol. The summed E-state index contributed by atoms with van der Waals surface area (Å²) in [6, 6.07) is 10.3. The molecule has 0 unspecified atom stereocenters. The molecule has 2 nitrogen and oxygen atoms in total. The van der Waals surface area contributed by atoms with Gasteiger partial charge in [0.1, 0.15) is 0 Å². The fourth-order valence-corrected chi connectivity index (χ4v) is 0.534. The number of aliphatic hydroxyl groups excluding tert-OH is 1. The largest absolute Gasteiger partial charge is 0.412 e. The average molecular weight is 170 g/mol. The van der Waals surface area contributed by atoms with Gasteiger partial charge in [0.25, 0.3) is 0 Å². The van der Waals surface area contributed by atoms with Gasteiger partial charge in [-0.2, -0.15) is 0 Å². The standard InChI is InChI=1S/C7H8.C3H8O.H2O/c1-7-5-3-2-4-6-7;1-2-3-4;/h2-6H,1H3;4H,2-3H2,1H3;1H2. The van der Waals surface area contributed by atoms with Crippen LogP contribution in [0.4, 0.5) is 0 Å². The van der Waals surface area contributed by atoms with Crippen LogP contribution >= 0.6 is 0 Å². The van der Waals surface area contributed by atoms with Gasteiger partial charge in [0.2, 0.25) is 0 Å². The van der Waals surface area contributed by atoms with Gasteiger partial charge in [0, 0.05) is 6.61 Å². The lowest BCUT2D eigenvalue weighted by Crippen LogP contribution is -1.69. The Morgan fingerprint density at radius 2 is 1.58 bits per heavy atom. The van der Waals surface area contributed by atoms with Gasteiger partial charge in [-0.1, -0.05) is 42.8 Å². The summed E-state index contributed by atoms with van der Waals surface area (Å²) in [5.41, 5.74) is 1.32. The first-order chi connectivity index (χ1) is 5.31. The van der Waals surface area contributed by atoms with Gasteiger partial charge in [0.15, 0.2) is 0 Å². The zero-order chi connectivity index (χ0) is 8.53. The van der Waals surface area contributed by atoms with Crippen LogP contribution in [0.2, 0.25) is 0 Å². The molecule has 1 aromatic carbocycles. The molecule has 0 atom stereocenters. The molecule has 0 aliphatic carbocycles. The Morgan fingerprint density at radius 3 is 1.75 bits per heavy atom. The number of benzene rings is 1. The van der Waals surface area contributed by atoms with E-state index in [0.29, 0.717) is 6.61 Å². The van der Waals surface area contributed by atoms with Crippen LogP contribution in [0.5, 0.6) is 0 Å². The van der Waals surface area contributed by atoms with Crippen LogP contribution in [0.3, 0.4) is 0 Å². The van der Waals surface area contributed by atoms with Crippen LogP contribution in [-0.4, -0.2) is 17.2 Å². The maximum absolute atomic E-state index is 7.88. The second kappa shape index (κ2) is 10.1. The van der Waals surface area contributed by atoms with E-state index in [9.17, 15) is 0 Å². The Labute approximate surface area is 74.2 Å². The highest BCUT2D eigenvalue weighted by molar-refractivity contribution is 5.11. The second-order valence-electron chi connectivity index (χ2n) is 2.38. The van der Waals surface area contributed by atoms with Gasteiger partial charge < -0.3 is 10.6 Å². The zero-order valence-corrected chi connectivity index (χ0v) is 7.75. The Balaban J connectivity index is 0. The highest BCUT2D eigenvalue weighted by Crippen LogP contribution is 1.92. The molecule has 0 saturated carbocycles. The maximum atomic E-state index is 7.88. The van der Waals surface area contributed by atoms with Crippen molar-refractivity contribution in [1.29, 1.82) is 0 Å². The van der Waals surface area contributed by atoms with E-state index in [1.54, 1.807) is 0 Å². The molecule has 0 aliphatic heterocycles. The SMILES string of the molecule is CCCO.Cc1ccccc1.O. The summed E-state index contributed by atoms with van der Waals surface area (Å²) in [6.07, 6.45) is 0.875. The van der Waals surface area contributed by atoms with Crippen molar-refractivity contribution in [3.8, 4) is 0 Å². The van der Waals surface area contributed by atoms with E-state index >= 15 is 0 Å². The molecule has 70 valence electrons. The van der Waals surface area contributed by atoms with Crippen LogP contribution in [0, 0.1) is 6.92 Å². The average Bonchev–Trinajstić information content (AvgIpc) is 2.07. The highest BCUT2D eigenvalue weighted by Gasteiger charge is 1.72. The van der Waals surface area contributed by atoms with E-state index in [1.165, 1.54) is 5.56 Å². The van der Waals surface area contributed by atoms with Crippen molar-refractivity contribution >= 4 is 0 Å². The highest BCUT2D eigenvalue weighted by atomic mass is 16.2. The first kappa shape index (κ1) is 13.7. The Morgan fingerprint density at radius 1 is 1.17 bits per heavy atom. The van der Waals surface area contributed by atoms with Gasteiger partial charge in [-0.25, -0.2) is 0 Å². The van der Waals surface area contributed by atoms with E-state index in [4.69, 9.17) is 5.11 Å². The summed E-state index contributed by atoms with van der Waals surface area (Å²) in [5.74, 6) is 0. The van der Waals surface area contributed by atoms with Crippen LogP contribution in [0.1, 0.15) is 18.9 Å². The predicted octanol–water partition coefficient (Wildman–Crippen LogP) is 1.56. The summed E-state index contributed by atoms with van der Waals surface area (Å²) < 4.78 is 0. The van der Waals surface area contributed by atoms with Crippen LogP contribution in [0.25, 0.3) is 0 Å². The Bertz CT molecular complexity index is 159. The van der Waals surface area contributed by atoms with Crippen molar-refractivity contribution in [3.63, 3.8) is 0 Å². The molecule has 0 aromatic heterocycles. The number of aliphatic hydroxyl groups is 1. The van der Waals surface area contributed by atoms with E-state index in [0.717, 1.165) is 6.42 Å². The van der Waals surface area contributed by atoms with Gasteiger partial charge in [-0.05, 0) is 13.3 Å². The van der Waals surface area contributed by atoms with Crippen LogP contribution in [0.15, 0.2) is 30.3 Å². The molecule has 0 bridgehead atoms. The quantitative estimate of drug-likeness (QED) is 0.683. The van der Waals surface area contributed by atoms with Crippen molar-refractivity contribution in [2.45, 2.75) is 20.3 Å². The third-order valence-electron chi connectivity index (χ3n) is 1.16. The summed E-state index contributed by atoms with van der Waals surface area (Å²) in [6.45, 7) is 4.33. The molecule has 0 spiro atoms. The molecular formula is C10H18O2. The third kappa shape index (κ3) is 9.14. The Kier molecular flexibility index (Phi) is 11.6. The molecule has 12 heavy (non-hydrogen) atoms. The minimum absolute atomic E-state index is 0. The van der Waals surface area contributed by atoms with Crippen LogP contribution < -0.4 is 0 Å². The number of aryl methyl sites for hydroxylation is 1. The monoisotopic (exact) mass is 170 g/mol.